The van der Waals surface area contributed by atoms with Crippen LogP contribution in [0, 0.1) is 0 Å². The zero-order valence-corrected chi connectivity index (χ0v) is 11.5. The van der Waals surface area contributed by atoms with Crippen molar-refractivity contribution in [2.75, 3.05) is 47.3 Å². The van der Waals surface area contributed by atoms with E-state index in [2.05, 4.69) is 10.6 Å². The highest BCUT2D eigenvalue weighted by Crippen LogP contribution is 2.18. The highest BCUT2D eigenvalue weighted by molar-refractivity contribution is 5.85. The van der Waals surface area contributed by atoms with Crippen molar-refractivity contribution in [2.45, 2.75) is 18.9 Å². The maximum Gasteiger partial charge on any atom is 0.239 e. The summed E-state index contributed by atoms with van der Waals surface area (Å²) in [6.45, 7) is 2.14. The van der Waals surface area contributed by atoms with E-state index in [0.29, 0.717) is 12.6 Å². The van der Waals surface area contributed by atoms with Gasteiger partial charge in [0.25, 0.3) is 0 Å². The molecule has 18 heavy (non-hydrogen) atoms. The third kappa shape index (κ3) is 5.97. The molecular formula is C12H24N4O2. The molecule has 1 aliphatic rings. The van der Waals surface area contributed by atoms with Crippen molar-refractivity contribution < 1.29 is 9.59 Å². The first-order valence-electron chi connectivity index (χ1n) is 6.39. The molecule has 0 unspecified atom stereocenters. The number of nitrogens with one attached hydrogen (secondary N) is 2. The molecule has 0 aromatic rings. The van der Waals surface area contributed by atoms with Crippen molar-refractivity contribution in [3.05, 3.63) is 0 Å². The van der Waals surface area contributed by atoms with Crippen molar-refractivity contribution in [3.63, 3.8) is 0 Å². The number of hydrogen-bond acceptors (Lipinski definition) is 4. The number of amides is 2. The molecule has 0 aliphatic heterocycles. The van der Waals surface area contributed by atoms with E-state index >= 15 is 0 Å². The highest BCUT2D eigenvalue weighted by atomic mass is 16.2. The van der Waals surface area contributed by atoms with Crippen LogP contribution in [0.3, 0.4) is 0 Å². The molecule has 0 radical (unpaired) electrons. The van der Waals surface area contributed by atoms with E-state index in [0.717, 1.165) is 25.9 Å². The summed E-state index contributed by atoms with van der Waals surface area (Å²) in [5, 5.41) is 5.90. The Morgan fingerprint density at radius 3 is 2.44 bits per heavy atom. The quantitative estimate of drug-likeness (QED) is 0.577. The van der Waals surface area contributed by atoms with Gasteiger partial charge in [0, 0.05) is 26.2 Å². The molecule has 0 spiro atoms. The van der Waals surface area contributed by atoms with E-state index in [1.165, 1.54) is 4.90 Å². The number of nitrogens with zero attached hydrogens (tertiary/aromatic N) is 2. The molecule has 0 aromatic heterocycles. The van der Waals surface area contributed by atoms with Crippen LogP contribution >= 0.6 is 0 Å². The summed E-state index contributed by atoms with van der Waals surface area (Å²) in [6.07, 6.45) is 2.13. The van der Waals surface area contributed by atoms with Gasteiger partial charge in [-0.25, -0.2) is 0 Å². The standard InChI is InChI=1S/C12H24N4O2/c1-13-6-7-15(2)9-12(18)16(3)8-11(17)14-10-4-5-10/h10,13H,4-9H2,1-3H3,(H,14,17). The van der Waals surface area contributed by atoms with E-state index in [9.17, 15) is 9.59 Å². The summed E-state index contributed by atoms with van der Waals surface area (Å²) < 4.78 is 0. The molecule has 6 heteroatoms. The molecule has 2 N–H and O–H groups in total. The van der Waals surface area contributed by atoms with Crippen LogP contribution in [0.4, 0.5) is 0 Å². The summed E-state index contributed by atoms with van der Waals surface area (Å²) in [7, 11) is 5.44. The molecule has 6 nitrogen and oxygen atoms in total. The second kappa shape index (κ2) is 7.33. The Morgan fingerprint density at radius 2 is 1.89 bits per heavy atom. The number of rotatable bonds is 8. The van der Waals surface area contributed by atoms with Crippen molar-refractivity contribution in [1.82, 2.24) is 20.4 Å². The molecule has 1 aliphatic carbocycles. The third-order valence-electron chi connectivity index (χ3n) is 2.90. The smallest absolute Gasteiger partial charge is 0.239 e. The zero-order valence-electron chi connectivity index (χ0n) is 11.5. The van der Waals surface area contributed by atoms with Crippen molar-refractivity contribution in [2.24, 2.45) is 0 Å². The summed E-state index contributed by atoms with van der Waals surface area (Å²) in [5.41, 5.74) is 0. The van der Waals surface area contributed by atoms with Crippen LogP contribution < -0.4 is 10.6 Å². The summed E-state index contributed by atoms with van der Waals surface area (Å²) >= 11 is 0. The molecule has 0 bridgehead atoms. The van der Waals surface area contributed by atoms with Gasteiger partial charge in [0.15, 0.2) is 0 Å². The van der Waals surface area contributed by atoms with Crippen LogP contribution in [0.5, 0.6) is 0 Å². The molecule has 0 heterocycles. The van der Waals surface area contributed by atoms with Crippen molar-refractivity contribution >= 4 is 11.8 Å². The fourth-order valence-corrected chi connectivity index (χ4v) is 1.54. The van der Waals surface area contributed by atoms with Crippen molar-refractivity contribution in [3.8, 4) is 0 Å². The first-order valence-corrected chi connectivity index (χ1v) is 6.39. The van der Waals surface area contributed by atoms with Crippen LogP contribution in [-0.2, 0) is 9.59 Å². The van der Waals surface area contributed by atoms with Gasteiger partial charge in [0.1, 0.15) is 0 Å². The lowest BCUT2D eigenvalue weighted by Gasteiger charge is -2.21. The monoisotopic (exact) mass is 256 g/mol. The predicted octanol–water partition coefficient (Wildman–Crippen LogP) is -1.13. The summed E-state index contributed by atoms with van der Waals surface area (Å²) in [6, 6.07) is 0.347. The number of hydrogen-bond donors (Lipinski definition) is 2. The minimum atomic E-state index is -0.0637. The van der Waals surface area contributed by atoms with E-state index in [1.54, 1.807) is 7.05 Å². The van der Waals surface area contributed by atoms with Gasteiger partial charge < -0.3 is 15.5 Å². The first kappa shape index (κ1) is 14.9. The maximum atomic E-state index is 11.8. The summed E-state index contributed by atoms with van der Waals surface area (Å²) in [5.74, 6) is -0.0919. The van der Waals surface area contributed by atoms with E-state index in [4.69, 9.17) is 0 Å². The van der Waals surface area contributed by atoms with Gasteiger partial charge in [-0.3, -0.25) is 14.5 Å². The normalized spacial score (nSPS) is 14.7. The van der Waals surface area contributed by atoms with Gasteiger partial charge in [0.2, 0.25) is 11.8 Å². The Hall–Kier alpha value is -1.14. The molecule has 1 fully saturated rings. The molecule has 104 valence electrons. The lowest BCUT2D eigenvalue weighted by molar-refractivity contribution is -0.135. The summed E-state index contributed by atoms with van der Waals surface area (Å²) in [4.78, 5) is 26.8. The van der Waals surface area contributed by atoms with Gasteiger partial charge >= 0.3 is 0 Å². The number of carbonyl (C=O) groups is 2. The largest absolute Gasteiger partial charge is 0.352 e. The highest BCUT2D eigenvalue weighted by Gasteiger charge is 2.24. The molecule has 1 rings (SSSR count). The predicted molar refractivity (Wildman–Crippen MR) is 70.2 cm³/mol. The van der Waals surface area contributed by atoms with Crippen LogP contribution in [0.15, 0.2) is 0 Å². The minimum Gasteiger partial charge on any atom is -0.352 e. The second-order valence-electron chi connectivity index (χ2n) is 4.93. The number of carbonyl (C=O) groups excluding carboxylic acids is 2. The van der Waals surface area contributed by atoms with Gasteiger partial charge in [-0.15, -0.1) is 0 Å². The van der Waals surface area contributed by atoms with Gasteiger partial charge in [-0.2, -0.15) is 0 Å². The third-order valence-corrected chi connectivity index (χ3v) is 2.90. The molecule has 0 atom stereocenters. The average molecular weight is 256 g/mol. The van der Waals surface area contributed by atoms with Crippen LogP contribution in [0.1, 0.15) is 12.8 Å². The first-order chi connectivity index (χ1) is 8.52. The SMILES string of the molecule is CNCCN(C)CC(=O)N(C)CC(=O)NC1CC1. The molecule has 1 saturated carbocycles. The Balaban J connectivity index is 2.20. The second-order valence-corrected chi connectivity index (χ2v) is 4.93. The van der Waals surface area contributed by atoms with E-state index in [1.807, 2.05) is 19.0 Å². The Bertz CT molecular complexity index is 292. The molecule has 2 amide bonds. The molecule has 0 aromatic carbocycles. The van der Waals surface area contributed by atoms with Gasteiger partial charge in [-0.1, -0.05) is 0 Å². The molecular weight excluding hydrogens is 232 g/mol. The zero-order chi connectivity index (χ0) is 13.5. The lowest BCUT2D eigenvalue weighted by Crippen LogP contribution is -2.43. The topological polar surface area (TPSA) is 64.7 Å². The fourth-order valence-electron chi connectivity index (χ4n) is 1.54. The van der Waals surface area contributed by atoms with Crippen LogP contribution in [-0.4, -0.2) is 75.0 Å². The molecule has 0 saturated heterocycles. The number of likely N-dealkylation sites (N-methyl/N-ethyl adjacent to an activating group) is 3. The van der Waals surface area contributed by atoms with E-state index < -0.39 is 0 Å². The maximum absolute atomic E-state index is 11.8. The van der Waals surface area contributed by atoms with Gasteiger partial charge in [-0.05, 0) is 26.9 Å². The Kier molecular flexibility index (Phi) is 6.07. The van der Waals surface area contributed by atoms with Crippen LogP contribution in [0.25, 0.3) is 0 Å². The van der Waals surface area contributed by atoms with Crippen LogP contribution in [0.2, 0.25) is 0 Å². The lowest BCUT2D eigenvalue weighted by atomic mass is 10.4. The average Bonchev–Trinajstić information content (AvgIpc) is 3.09. The van der Waals surface area contributed by atoms with Gasteiger partial charge in [0.05, 0.1) is 13.1 Å². The Labute approximate surface area is 109 Å². The fraction of sp³-hybridized carbons (Fsp3) is 0.833. The van der Waals surface area contributed by atoms with Crippen molar-refractivity contribution in [1.29, 1.82) is 0 Å². The minimum absolute atomic E-state index is 0.0282. The van der Waals surface area contributed by atoms with E-state index in [-0.39, 0.29) is 18.4 Å². The Morgan fingerprint density at radius 1 is 1.22 bits per heavy atom.